The number of hydrogen-bond donors (Lipinski definition) is 1. The maximum Gasteiger partial charge on any atom is 0.350 e. The fourth-order valence-corrected chi connectivity index (χ4v) is 3.32. The quantitative estimate of drug-likeness (QED) is 0.849. The summed E-state index contributed by atoms with van der Waals surface area (Å²) in [5.74, 6) is 0.373. The van der Waals surface area contributed by atoms with Crippen LogP contribution >= 0.6 is 0 Å². The molecule has 0 unspecified atom stereocenters. The van der Waals surface area contributed by atoms with Gasteiger partial charge in [-0.3, -0.25) is 9.20 Å². The number of carbonyl (C=O) groups excluding carboxylic acids is 1. The molecule has 7 heteroatoms. The Balaban J connectivity index is 1.32. The van der Waals surface area contributed by atoms with Gasteiger partial charge in [0, 0.05) is 25.3 Å². The molecule has 1 amide bonds. The Morgan fingerprint density at radius 1 is 1.30 bits per heavy atom. The first-order valence-corrected chi connectivity index (χ1v) is 8.25. The van der Waals surface area contributed by atoms with Crippen molar-refractivity contribution in [3.63, 3.8) is 0 Å². The van der Waals surface area contributed by atoms with Crippen molar-refractivity contribution >= 4 is 11.6 Å². The second-order valence-electron chi connectivity index (χ2n) is 6.55. The number of carbonyl (C=O) groups is 1. The lowest BCUT2D eigenvalue weighted by Crippen LogP contribution is -2.36. The third kappa shape index (κ3) is 3.01. The van der Waals surface area contributed by atoms with Crippen molar-refractivity contribution in [3.05, 3.63) is 34.9 Å². The van der Waals surface area contributed by atoms with Gasteiger partial charge >= 0.3 is 5.69 Å². The number of pyridine rings is 1. The van der Waals surface area contributed by atoms with Crippen molar-refractivity contribution in [2.24, 2.45) is 5.92 Å². The maximum absolute atomic E-state index is 12.1. The van der Waals surface area contributed by atoms with Crippen LogP contribution in [-0.4, -0.2) is 50.7 Å². The Morgan fingerprint density at radius 2 is 2.17 bits per heavy atom. The van der Waals surface area contributed by atoms with E-state index in [0.717, 1.165) is 25.6 Å². The molecule has 7 nitrogen and oxygen atoms in total. The van der Waals surface area contributed by atoms with Gasteiger partial charge in [-0.1, -0.05) is 6.07 Å². The van der Waals surface area contributed by atoms with Gasteiger partial charge in [-0.25, -0.2) is 9.48 Å². The zero-order chi connectivity index (χ0) is 15.8. The zero-order valence-electron chi connectivity index (χ0n) is 13.0. The highest BCUT2D eigenvalue weighted by atomic mass is 16.2. The second-order valence-corrected chi connectivity index (χ2v) is 6.55. The molecular formula is C16H21N5O2. The molecule has 1 saturated heterocycles. The average molecular weight is 315 g/mol. The van der Waals surface area contributed by atoms with Gasteiger partial charge in [0.2, 0.25) is 5.91 Å². The van der Waals surface area contributed by atoms with E-state index >= 15 is 0 Å². The standard InChI is InChI=1S/C16H21N5O2/c22-15(17-9-12-6-8-19(10-12)13-4-5-13)11-21-16(23)20-7-2-1-3-14(20)18-21/h1-3,7,12-13H,4-6,8-11H2,(H,17,22)/t12-/m1/s1. The van der Waals surface area contributed by atoms with E-state index < -0.39 is 0 Å². The van der Waals surface area contributed by atoms with Gasteiger partial charge in [0.25, 0.3) is 0 Å². The summed E-state index contributed by atoms with van der Waals surface area (Å²) in [5, 5.41) is 7.12. The topological polar surface area (TPSA) is 71.6 Å². The number of rotatable bonds is 5. The molecule has 3 heterocycles. The Labute approximate surface area is 133 Å². The summed E-state index contributed by atoms with van der Waals surface area (Å²) in [5.41, 5.74) is 0.276. The molecule has 2 aromatic rings. The van der Waals surface area contributed by atoms with Crippen LogP contribution in [0.3, 0.4) is 0 Å². The number of fused-ring (bicyclic) bond motifs is 1. The number of aromatic nitrogens is 3. The molecule has 4 rings (SSSR count). The van der Waals surface area contributed by atoms with Gasteiger partial charge < -0.3 is 10.2 Å². The third-order valence-electron chi connectivity index (χ3n) is 4.75. The Kier molecular flexibility index (Phi) is 3.65. The van der Waals surface area contributed by atoms with E-state index in [-0.39, 0.29) is 18.1 Å². The smallest absolute Gasteiger partial charge is 0.350 e. The van der Waals surface area contributed by atoms with E-state index in [1.54, 1.807) is 18.3 Å². The first-order chi connectivity index (χ1) is 11.2. The highest BCUT2D eigenvalue weighted by molar-refractivity contribution is 5.75. The van der Waals surface area contributed by atoms with Gasteiger partial charge in [-0.2, -0.15) is 0 Å². The first-order valence-electron chi connectivity index (χ1n) is 8.25. The lowest BCUT2D eigenvalue weighted by atomic mass is 10.1. The van der Waals surface area contributed by atoms with E-state index in [1.165, 1.54) is 21.9 Å². The highest BCUT2D eigenvalue weighted by Crippen LogP contribution is 2.31. The summed E-state index contributed by atoms with van der Waals surface area (Å²) in [6.07, 6.45) is 5.46. The predicted octanol–water partition coefficient (Wildman–Crippen LogP) is 0.0965. The number of amides is 1. The van der Waals surface area contributed by atoms with Crippen molar-refractivity contribution in [1.82, 2.24) is 24.4 Å². The minimum absolute atomic E-state index is 0.0282. The molecule has 1 aliphatic heterocycles. The molecule has 122 valence electrons. The van der Waals surface area contributed by atoms with Crippen LogP contribution in [0, 0.1) is 5.92 Å². The molecule has 23 heavy (non-hydrogen) atoms. The molecule has 2 aromatic heterocycles. The van der Waals surface area contributed by atoms with E-state index in [0.29, 0.717) is 18.1 Å². The van der Waals surface area contributed by atoms with E-state index in [1.807, 2.05) is 6.07 Å². The van der Waals surface area contributed by atoms with Gasteiger partial charge in [0.05, 0.1) is 0 Å². The van der Waals surface area contributed by atoms with Gasteiger partial charge in [0.15, 0.2) is 5.65 Å². The van der Waals surface area contributed by atoms with E-state index in [9.17, 15) is 9.59 Å². The van der Waals surface area contributed by atoms with Crippen LogP contribution in [0.4, 0.5) is 0 Å². The summed E-state index contributed by atoms with van der Waals surface area (Å²) in [4.78, 5) is 26.7. The second kappa shape index (κ2) is 5.81. The SMILES string of the molecule is O=C(Cn1nc2ccccn2c1=O)NC[C@H]1CCN(C2CC2)C1. The fraction of sp³-hybridized carbons (Fsp3) is 0.562. The average Bonchev–Trinajstić information content (AvgIpc) is 3.22. The summed E-state index contributed by atoms with van der Waals surface area (Å²) in [7, 11) is 0. The minimum atomic E-state index is -0.281. The zero-order valence-corrected chi connectivity index (χ0v) is 13.0. The Hall–Kier alpha value is -2.15. The van der Waals surface area contributed by atoms with Crippen molar-refractivity contribution in [2.75, 3.05) is 19.6 Å². The van der Waals surface area contributed by atoms with Crippen molar-refractivity contribution < 1.29 is 4.79 Å². The molecule has 0 radical (unpaired) electrons. The molecule has 1 aliphatic carbocycles. The Morgan fingerprint density at radius 3 is 2.96 bits per heavy atom. The van der Waals surface area contributed by atoms with Crippen LogP contribution in [0.2, 0.25) is 0 Å². The fourth-order valence-electron chi connectivity index (χ4n) is 3.32. The third-order valence-corrected chi connectivity index (χ3v) is 4.75. The molecule has 2 fully saturated rings. The first kappa shape index (κ1) is 14.4. The molecule has 0 spiro atoms. The molecule has 1 atom stereocenters. The van der Waals surface area contributed by atoms with Gasteiger partial charge in [-0.15, -0.1) is 5.10 Å². The normalized spacial score (nSPS) is 21.8. The Bertz CT molecular complexity index is 776. The molecular weight excluding hydrogens is 294 g/mol. The predicted molar refractivity (Wildman–Crippen MR) is 85.2 cm³/mol. The van der Waals surface area contributed by atoms with E-state index in [2.05, 4.69) is 15.3 Å². The lowest BCUT2D eigenvalue weighted by molar-refractivity contribution is -0.122. The number of nitrogens with one attached hydrogen (secondary N) is 1. The molecule has 0 aromatic carbocycles. The van der Waals surface area contributed by atoms with E-state index in [4.69, 9.17) is 0 Å². The van der Waals surface area contributed by atoms with Crippen LogP contribution in [0.25, 0.3) is 5.65 Å². The van der Waals surface area contributed by atoms with Crippen LogP contribution in [0.15, 0.2) is 29.2 Å². The number of hydrogen-bond acceptors (Lipinski definition) is 4. The van der Waals surface area contributed by atoms with Crippen LogP contribution < -0.4 is 11.0 Å². The summed E-state index contributed by atoms with van der Waals surface area (Å²) in [6.45, 7) is 2.89. The van der Waals surface area contributed by atoms with Gasteiger partial charge in [0.1, 0.15) is 6.54 Å². The molecule has 0 bridgehead atoms. The van der Waals surface area contributed by atoms with Crippen molar-refractivity contribution in [2.45, 2.75) is 31.8 Å². The molecule has 2 aliphatic rings. The van der Waals surface area contributed by atoms with Crippen molar-refractivity contribution in [1.29, 1.82) is 0 Å². The monoisotopic (exact) mass is 315 g/mol. The highest BCUT2D eigenvalue weighted by Gasteiger charge is 2.34. The maximum atomic E-state index is 12.1. The summed E-state index contributed by atoms with van der Waals surface area (Å²) >= 11 is 0. The minimum Gasteiger partial charge on any atom is -0.354 e. The van der Waals surface area contributed by atoms with Crippen LogP contribution in [0.1, 0.15) is 19.3 Å². The van der Waals surface area contributed by atoms with Crippen molar-refractivity contribution in [3.8, 4) is 0 Å². The molecule has 1 N–H and O–H groups in total. The largest absolute Gasteiger partial charge is 0.354 e. The van der Waals surface area contributed by atoms with Crippen LogP contribution in [-0.2, 0) is 11.3 Å². The lowest BCUT2D eigenvalue weighted by Gasteiger charge is -2.15. The summed E-state index contributed by atoms with van der Waals surface area (Å²) in [6, 6.07) is 6.14. The number of nitrogens with zero attached hydrogens (tertiary/aromatic N) is 4. The van der Waals surface area contributed by atoms with Gasteiger partial charge in [-0.05, 0) is 43.9 Å². The summed E-state index contributed by atoms with van der Waals surface area (Å²) < 4.78 is 2.66. The number of likely N-dealkylation sites (tertiary alicyclic amines) is 1. The molecule has 1 saturated carbocycles. The van der Waals surface area contributed by atoms with Crippen LogP contribution in [0.5, 0.6) is 0 Å².